The molecule has 1 fully saturated rings. The van der Waals surface area contributed by atoms with Gasteiger partial charge in [-0.1, -0.05) is 24.4 Å². The Balaban J connectivity index is 1.90. The Morgan fingerprint density at radius 3 is 2.68 bits per heavy atom. The van der Waals surface area contributed by atoms with E-state index in [2.05, 4.69) is 9.88 Å². The van der Waals surface area contributed by atoms with Crippen molar-refractivity contribution in [3.8, 4) is 0 Å². The highest BCUT2D eigenvalue weighted by atomic mass is 32.2. The average molecular weight is 288 g/mol. The molecule has 0 unspecified atom stereocenters. The van der Waals surface area contributed by atoms with Gasteiger partial charge in [0.2, 0.25) is 10.0 Å². The first-order chi connectivity index (χ1) is 8.89. The zero-order valence-corrected chi connectivity index (χ0v) is 11.9. The van der Waals surface area contributed by atoms with Crippen LogP contribution in [0, 0.1) is 6.92 Å². The molecule has 1 aromatic rings. The van der Waals surface area contributed by atoms with Gasteiger partial charge in [0.25, 0.3) is 0 Å². The van der Waals surface area contributed by atoms with Crippen molar-refractivity contribution in [2.45, 2.75) is 50.4 Å². The highest BCUT2D eigenvalue weighted by Crippen LogP contribution is 2.27. The molecule has 19 heavy (non-hydrogen) atoms. The van der Waals surface area contributed by atoms with Gasteiger partial charge in [-0.25, -0.2) is 13.1 Å². The van der Waals surface area contributed by atoms with Crippen molar-refractivity contribution in [2.24, 2.45) is 0 Å². The number of hydrogen-bond acceptors (Lipinski definition) is 5. The van der Waals surface area contributed by atoms with E-state index in [1.54, 1.807) is 13.0 Å². The molecule has 1 aromatic heterocycles. The maximum atomic E-state index is 11.9. The van der Waals surface area contributed by atoms with Crippen molar-refractivity contribution in [3.05, 3.63) is 17.5 Å². The number of aliphatic hydroxyl groups is 1. The SMILES string of the molecule is Cc1cc(CS(=O)(=O)NCC2(O)CCCCC2)no1. The fourth-order valence-electron chi connectivity index (χ4n) is 2.36. The lowest BCUT2D eigenvalue weighted by Gasteiger charge is -2.31. The van der Waals surface area contributed by atoms with Crippen molar-refractivity contribution in [1.29, 1.82) is 0 Å². The molecule has 0 atom stereocenters. The molecule has 6 nitrogen and oxygen atoms in total. The Kier molecular flexibility index (Phi) is 4.27. The zero-order valence-electron chi connectivity index (χ0n) is 11.1. The third kappa shape index (κ3) is 4.29. The molecule has 7 heteroatoms. The molecule has 2 N–H and O–H groups in total. The van der Waals surface area contributed by atoms with E-state index in [0.717, 1.165) is 19.3 Å². The van der Waals surface area contributed by atoms with Gasteiger partial charge in [0, 0.05) is 12.6 Å². The monoisotopic (exact) mass is 288 g/mol. The van der Waals surface area contributed by atoms with Gasteiger partial charge in [0.15, 0.2) is 0 Å². The Morgan fingerprint density at radius 1 is 1.42 bits per heavy atom. The van der Waals surface area contributed by atoms with Gasteiger partial charge in [-0.3, -0.25) is 0 Å². The molecule has 0 saturated heterocycles. The minimum absolute atomic E-state index is 0.0756. The van der Waals surface area contributed by atoms with Crippen LogP contribution in [-0.4, -0.2) is 30.8 Å². The second kappa shape index (κ2) is 5.60. The molecule has 0 spiro atoms. The maximum Gasteiger partial charge on any atom is 0.217 e. The van der Waals surface area contributed by atoms with Gasteiger partial charge in [-0.2, -0.15) is 0 Å². The van der Waals surface area contributed by atoms with Crippen molar-refractivity contribution in [3.63, 3.8) is 0 Å². The predicted molar refractivity (Wildman–Crippen MR) is 69.9 cm³/mol. The summed E-state index contributed by atoms with van der Waals surface area (Å²) in [5.41, 5.74) is -0.522. The molecular weight excluding hydrogens is 268 g/mol. The van der Waals surface area contributed by atoms with E-state index in [9.17, 15) is 13.5 Å². The molecule has 1 aliphatic carbocycles. The minimum atomic E-state index is -3.49. The summed E-state index contributed by atoms with van der Waals surface area (Å²) >= 11 is 0. The first-order valence-electron chi connectivity index (χ1n) is 6.51. The molecule has 0 amide bonds. The lowest BCUT2D eigenvalue weighted by atomic mass is 9.85. The number of hydrogen-bond donors (Lipinski definition) is 2. The Hall–Kier alpha value is -0.920. The molecule has 108 valence electrons. The number of nitrogens with zero attached hydrogens (tertiary/aromatic N) is 1. The molecule has 0 aromatic carbocycles. The van der Waals surface area contributed by atoms with E-state index in [1.165, 1.54) is 0 Å². The van der Waals surface area contributed by atoms with E-state index in [0.29, 0.717) is 24.3 Å². The van der Waals surface area contributed by atoms with E-state index in [1.807, 2.05) is 0 Å². The smallest absolute Gasteiger partial charge is 0.217 e. The van der Waals surface area contributed by atoms with Crippen LogP contribution in [-0.2, 0) is 15.8 Å². The summed E-state index contributed by atoms with van der Waals surface area (Å²) in [6.45, 7) is 1.79. The van der Waals surface area contributed by atoms with Crippen LogP contribution in [0.2, 0.25) is 0 Å². The Morgan fingerprint density at radius 2 is 2.11 bits per heavy atom. The fourth-order valence-corrected chi connectivity index (χ4v) is 3.48. The first-order valence-corrected chi connectivity index (χ1v) is 8.16. The predicted octanol–water partition coefficient (Wildman–Crippen LogP) is 1.10. The highest BCUT2D eigenvalue weighted by molar-refractivity contribution is 7.88. The number of nitrogens with one attached hydrogen (secondary N) is 1. The van der Waals surface area contributed by atoms with Crippen LogP contribution >= 0.6 is 0 Å². The molecule has 1 aliphatic rings. The van der Waals surface area contributed by atoms with Crippen LogP contribution in [0.3, 0.4) is 0 Å². The second-order valence-corrected chi connectivity index (χ2v) is 7.10. The number of sulfonamides is 1. The summed E-state index contributed by atoms with van der Waals surface area (Å²) in [6.07, 6.45) is 4.30. The summed E-state index contributed by atoms with van der Waals surface area (Å²) in [5, 5.41) is 13.9. The lowest BCUT2D eigenvalue weighted by Crippen LogP contribution is -2.44. The highest BCUT2D eigenvalue weighted by Gasteiger charge is 2.30. The third-order valence-electron chi connectivity index (χ3n) is 3.42. The number of rotatable bonds is 5. The van der Waals surface area contributed by atoms with E-state index in [-0.39, 0.29) is 12.3 Å². The molecule has 0 radical (unpaired) electrons. The van der Waals surface area contributed by atoms with Crippen LogP contribution in [0.15, 0.2) is 10.6 Å². The number of aromatic nitrogens is 1. The first kappa shape index (κ1) is 14.5. The standard InChI is InChI=1S/C12H20N2O4S/c1-10-7-11(14-18-10)8-19(16,17)13-9-12(15)5-3-2-4-6-12/h7,13,15H,2-6,8-9H2,1H3. The number of aryl methyl sites for hydroxylation is 1. The van der Waals surface area contributed by atoms with Gasteiger partial charge < -0.3 is 9.63 Å². The largest absolute Gasteiger partial charge is 0.389 e. The van der Waals surface area contributed by atoms with Gasteiger partial charge >= 0.3 is 0 Å². The summed E-state index contributed by atoms with van der Waals surface area (Å²) < 4.78 is 31.1. The molecule has 2 rings (SSSR count). The van der Waals surface area contributed by atoms with Gasteiger partial charge in [0.05, 0.1) is 5.60 Å². The Bertz CT molecular complexity index is 518. The minimum Gasteiger partial charge on any atom is -0.389 e. The van der Waals surface area contributed by atoms with Crippen molar-refractivity contribution >= 4 is 10.0 Å². The molecular formula is C12H20N2O4S. The van der Waals surface area contributed by atoms with Crippen LogP contribution in [0.4, 0.5) is 0 Å². The normalized spacial score (nSPS) is 19.5. The molecule has 1 heterocycles. The summed E-state index contributed by atoms with van der Waals surface area (Å²) in [6, 6.07) is 1.59. The summed E-state index contributed by atoms with van der Waals surface area (Å²) in [7, 11) is -3.49. The summed E-state index contributed by atoms with van der Waals surface area (Å²) in [5.74, 6) is 0.358. The fraction of sp³-hybridized carbons (Fsp3) is 0.750. The van der Waals surface area contributed by atoms with Gasteiger partial charge in [-0.05, 0) is 19.8 Å². The molecule has 0 aliphatic heterocycles. The summed E-state index contributed by atoms with van der Waals surface area (Å²) in [4.78, 5) is 0. The second-order valence-electron chi connectivity index (χ2n) is 5.29. The van der Waals surface area contributed by atoms with Crippen molar-refractivity contribution in [1.82, 2.24) is 9.88 Å². The van der Waals surface area contributed by atoms with Crippen LogP contribution in [0.25, 0.3) is 0 Å². The average Bonchev–Trinajstić information content (AvgIpc) is 2.73. The quantitative estimate of drug-likeness (QED) is 0.846. The van der Waals surface area contributed by atoms with Crippen molar-refractivity contribution in [2.75, 3.05) is 6.54 Å². The Labute approximate surface area is 113 Å². The third-order valence-corrected chi connectivity index (χ3v) is 4.68. The molecule has 1 saturated carbocycles. The van der Waals surface area contributed by atoms with E-state index in [4.69, 9.17) is 4.52 Å². The topological polar surface area (TPSA) is 92.4 Å². The van der Waals surface area contributed by atoms with E-state index < -0.39 is 15.6 Å². The van der Waals surface area contributed by atoms with Crippen LogP contribution in [0.5, 0.6) is 0 Å². The van der Waals surface area contributed by atoms with Crippen LogP contribution < -0.4 is 4.72 Å². The van der Waals surface area contributed by atoms with Crippen LogP contribution in [0.1, 0.15) is 43.6 Å². The lowest BCUT2D eigenvalue weighted by molar-refractivity contribution is 0.00944. The van der Waals surface area contributed by atoms with Gasteiger partial charge in [0.1, 0.15) is 17.2 Å². The maximum absolute atomic E-state index is 11.9. The van der Waals surface area contributed by atoms with E-state index >= 15 is 0 Å². The van der Waals surface area contributed by atoms with Gasteiger partial charge in [-0.15, -0.1) is 0 Å². The zero-order chi connectivity index (χ0) is 13.9. The molecule has 0 bridgehead atoms. The van der Waals surface area contributed by atoms with Crippen molar-refractivity contribution < 1.29 is 18.0 Å².